The standard InChI is InChI=1S/C20H26FN3O4S/c1-12(2)29(26,27)24-9-18(17-6-13(21)4-5-19(17)24)20(25)22-14-7-15-10-28-11-16(8-14)23(15)3/h4-6,9,12,14-16H,7-8,10-11H2,1-3H3,(H,22,25)/t14-,15-,16+. The molecule has 29 heavy (non-hydrogen) atoms. The van der Waals surface area contributed by atoms with E-state index in [9.17, 15) is 17.6 Å². The molecule has 2 fully saturated rings. The highest BCUT2D eigenvalue weighted by atomic mass is 32.2. The molecule has 9 heteroatoms. The van der Waals surface area contributed by atoms with Crippen LogP contribution in [0, 0.1) is 5.82 Å². The number of piperidine rings is 1. The summed E-state index contributed by atoms with van der Waals surface area (Å²) in [7, 11) is -1.62. The van der Waals surface area contributed by atoms with Gasteiger partial charge in [-0.05, 0) is 51.9 Å². The zero-order chi connectivity index (χ0) is 20.9. The molecule has 0 unspecified atom stereocenters. The molecule has 3 heterocycles. The zero-order valence-corrected chi connectivity index (χ0v) is 17.6. The summed E-state index contributed by atoms with van der Waals surface area (Å²) in [6, 6.07) is 4.27. The van der Waals surface area contributed by atoms with Gasteiger partial charge in [0.15, 0.2) is 0 Å². The Kier molecular flexibility index (Phi) is 5.16. The van der Waals surface area contributed by atoms with E-state index in [-0.39, 0.29) is 29.6 Å². The molecule has 4 rings (SSSR count). The number of amides is 1. The van der Waals surface area contributed by atoms with Crippen LogP contribution >= 0.6 is 0 Å². The lowest BCUT2D eigenvalue weighted by Gasteiger charge is -2.46. The number of nitrogens with zero attached hydrogens (tertiary/aromatic N) is 2. The van der Waals surface area contributed by atoms with Crippen LogP contribution in [-0.2, 0) is 14.8 Å². The van der Waals surface area contributed by atoms with E-state index in [1.165, 1.54) is 24.4 Å². The summed E-state index contributed by atoms with van der Waals surface area (Å²) in [6.45, 7) is 4.42. The van der Waals surface area contributed by atoms with Crippen molar-refractivity contribution in [1.29, 1.82) is 0 Å². The van der Waals surface area contributed by atoms with Crippen molar-refractivity contribution in [2.24, 2.45) is 0 Å². The first-order valence-corrected chi connectivity index (χ1v) is 11.3. The second-order valence-corrected chi connectivity index (χ2v) is 10.6. The van der Waals surface area contributed by atoms with Gasteiger partial charge in [0, 0.05) is 29.7 Å². The van der Waals surface area contributed by atoms with Crippen LogP contribution in [0.2, 0.25) is 0 Å². The number of likely N-dealkylation sites (N-methyl/N-ethyl adjacent to an activating group) is 1. The largest absolute Gasteiger partial charge is 0.378 e. The molecule has 1 aromatic carbocycles. The van der Waals surface area contributed by atoms with Crippen LogP contribution < -0.4 is 5.32 Å². The van der Waals surface area contributed by atoms with Gasteiger partial charge in [-0.25, -0.2) is 16.8 Å². The van der Waals surface area contributed by atoms with E-state index in [0.29, 0.717) is 24.1 Å². The van der Waals surface area contributed by atoms with Gasteiger partial charge in [0.05, 0.1) is 29.5 Å². The number of rotatable bonds is 4. The second-order valence-electron chi connectivity index (χ2n) is 8.25. The first-order chi connectivity index (χ1) is 13.7. The second kappa shape index (κ2) is 7.37. The van der Waals surface area contributed by atoms with E-state index in [1.807, 2.05) is 0 Å². The number of carbonyl (C=O) groups excluding carboxylic acids is 1. The maximum absolute atomic E-state index is 13.9. The number of morpholine rings is 1. The predicted molar refractivity (Wildman–Crippen MR) is 108 cm³/mol. The first kappa shape index (κ1) is 20.3. The molecular weight excluding hydrogens is 397 g/mol. The number of aromatic nitrogens is 1. The summed E-state index contributed by atoms with van der Waals surface area (Å²) < 4.78 is 46.1. The number of halogens is 1. The molecule has 0 spiro atoms. The molecule has 1 N–H and O–H groups in total. The number of fused-ring (bicyclic) bond motifs is 3. The van der Waals surface area contributed by atoms with Crippen molar-refractivity contribution >= 4 is 26.8 Å². The molecule has 2 aliphatic heterocycles. The number of ether oxygens (including phenoxy) is 1. The molecule has 2 aromatic rings. The van der Waals surface area contributed by atoms with E-state index in [2.05, 4.69) is 17.3 Å². The van der Waals surface area contributed by atoms with Crippen LogP contribution in [0.15, 0.2) is 24.4 Å². The Morgan fingerprint density at radius 2 is 1.90 bits per heavy atom. The summed E-state index contributed by atoms with van der Waals surface area (Å²) in [6.07, 6.45) is 2.83. The highest BCUT2D eigenvalue weighted by Crippen LogP contribution is 2.28. The fraction of sp³-hybridized carbons (Fsp3) is 0.550. The number of hydrogen-bond donors (Lipinski definition) is 1. The molecule has 2 bridgehead atoms. The van der Waals surface area contributed by atoms with Gasteiger partial charge < -0.3 is 10.1 Å². The lowest BCUT2D eigenvalue weighted by molar-refractivity contribution is -0.0670. The zero-order valence-electron chi connectivity index (χ0n) is 16.8. The topological polar surface area (TPSA) is 80.6 Å². The van der Waals surface area contributed by atoms with Crippen molar-refractivity contribution in [3.63, 3.8) is 0 Å². The quantitative estimate of drug-likeness (QED) is 0.813. The van der Waals surface area contributed by atoms with Gasteiger partial charge >= 0.3 is 0 Å². The van der Waals surface area contributed by atoms with Gasteiger partial charge in [0.25, 0.3) is 5.91 Å². The molecule has 1 amide bonds. The van der Waals surface area contributed by atoms with Crippen molar-refractivity contribution in [2.45, 2.75) is 50.1 Å². The third-order valence-corrected chi connectivity index (χ3v) is 8.11. The van der Waals surface area contributed by atoms with Gasteiger partial charge in [-0.15, -0.1) is 0 Å². The highest BCUT2D eigenvalue weighted by Gasteiger charge is 2.37. The summed E-state index contributed by atoms with van der Waals surface area (Å²) in [5.41, 5.74) is 0.475. The number of benzene rings is 1. The highest BCUT2D eigenvalue weighted by molar-refractivity contribution is 7.90. The van der Waals surface area contributed by atoms with Crippen LogP contribution in [0.1, 0.15) is 37.0 Å². The van der Waals surface area contributed by atoms with Crippen LogP contribution in [0.4, 0.5) is 4.39 Å². The van der Waals surface area contributed by atoms with Crippen LogP contribution in [0.25, 0.3) is 10.9 Å². The fourth-order valence-electron chi connectivity index (χ4n) is 4.27. The van der Waals surface area contributed by atoms with E-state index in [0.717, 1.165) is 16.8 Å². The SMILES string of the molecule is CC(C)S(=O)(=O)n1cc(C(=O)N[C@H]2C[C@H]3COC[C@@H](C2)N3C)c2cc(F)ccc21. The molecule has 0 aliphatic carbocycles. The minimum Gasteiger partial charge on any atom is -0.378 e. The van der Waals surface area contributed by atoms with Crippen molar-refractivity contribution in [3.05, 3.63) is 35.8 Å². The Bertz CT molecular complexity index is 1040. The molecular formula is C20H26FN3O4S. The summed E-state index contributed by atoms with van der Waals surface area (Å²) in [5.74, 6) is -0.899. The molecule has 0 saturated carbocycles. The molecule has 7 nitrogen and oxygen atoms in total. The Balaban J connectivity index is 1.67. The third kappa shape index (κ3) is 3.55. The van der Waals surface area contributed by atoms with Gasteiger partial charge in [-0.1, -0.05) is 0 Å². The Hall–Kier alpha value is -1.97. The molecule has 158 valence electrons. The van der Waals surface area contributed by atoms with E-state index in [1.54, 1.807) is 13.8 Å². The molecule has 3 atom stereocenters. The normalized spacial score (nSPS) is 25.5. The molecule has 1 aromatic heterocycles. The van der Waals surface area contributed by atoms with E-state index < -0.39 is 21.1 Å². The Labute approximate surface area is 169 Å². The Morgan fingerprint density at radius 1 is 1.24 bits per heavy atom. The maximum atomic E-state index is 13.9. The lowest BCUT2D eigenvalue weighted by Crippen LogP contribution is -2.59. The molecule has 0 radical (unpaired) electrons. The lowest BCUT2D eigenvalue weighted by atomic mass is 9.90. The van der Waals surface area contributed by atoms with E-state index in [4.69, 9.17) is 4.74 Å². The molecule has 2 aliphatic rings. The predicted octanol–water partition coefficient (Wildman–Crippen LogP) is 1.96. The maximum Gasteiger partial charge on any atom is 0.253 e. The van der Waals surface area contributed by atoms with Crippen molar-refractivity contribution in [3.8, 4) is 0 Å². The van der Waals surface area contributed by atoms with E-state index >= 15 is 0 Å². The first-order valence-electron chi connectivity index (χ1n) is 9.84. The van der Waals surface area contributed by atoms with Gasteiger partial charge in [-0.3, -0.25) is 9.69 Å². The average Bonchev–Trinajstić information content (AvgIpc) is 3.02. The van der Waals surface area contributed by atoms with Crippen molar-refractivity contribution < 1.29 is 22.3 Å². The number of nitrogens with one attached hydrogen (secondary N) is 1. The average molecular weight is 424 g/mol. The van der Waals surface area contributed by atoms with Gasteiger partial charge in [0.1, 0.15) is 5.82 Å². The molecule has 2 saturated heterocycles. The van der Waals surface area contributed by atoms with Crippen LogP contribution in [-0.4, -0.2) is 66.8 Å². The van der Waals surface area contributed by atoms with Gasteiger partial charge in [-0.2, -0.15) is 0 Å². The third-order valence-electron chi connectivity index (χ3n) is 6.07. The minimum atomic E-state index is -3.69. The van der Waals surface area contributed by atoms with Crippen LogP contribution in [0.5, 0.6) is 0 Å². The minimum absolute atomic E-state index is 0.0359. The van der Waals surface area contributed by atoms with Gasteiger partial charge in [0.2, 0.25) is 10.0 Å². The van der Waals surface area contributed by atoms with Crippen molar-refractivity contribution in [2.75, 3.05) is 20.3 Å². The van der Waals surface area contributed by atoms with Crippen LogP contribution in [0.3, 0.4) is 0 Å². The summed E-state index contributed by atoms with van der Waals surface area (Å²) in [5, 5.41) is 2.66. The summed E-state index contributed by atoms with van der Waals surface area (Å²) >= 11 is 0. The van der Waals surface area contributed by atoms with Crippen molar-refractivity contribution in [1.82, 2.24) is 14.2 Å². The number of hydrogen-bond acceptors (Lipinski definition) is 5. The Morgan fingerprint density at radius 3 is 2.52 bits per heavy atom. The number of carbonyl (C=O) groups is 1. The monoisotopic (exact) mass is 423 g/mol. The smallest absolute Gasteiger partial charge is 0.253 e. The summed E-state index contributed by atoms with van der Waals surface area (Å²) in [4.78, 5) is 15.4. The fourth-order valence-corrected chi connectivity index (χ4v) is 5.41.